The smallest absolute Gasteiger partial charge is 0.404 e. The summed E-state index contributed by atoms with van der Waals surface area (Å²) >= 11 is 3.45. The summed E-state index contributed by atoms with van der Waals surface area (Å²) in [5, 5.41) is 14.1. The minimum absolute atomic E-state index is 0.0760. The lowest BCUT2D eigenvalue weighted by Crippen LogP contribution is -2.23. The Hall–Kier alpha value is -1.66. The molecule has 0 aliphatic rings. The van der Waals surface area contributed by atoms with Crippen LogP contribution in [0.1, 0.15) is 30.7 Å². The first-order valence-electron chi connectivity index (χ1n) is 6.82. The number of furan rings is 1. The monoisotopic (exact) mass is 352 g/mol. The van der Waals surface area contributed by atoms with Gasteiger partial charge in [-0.25, -0.2) is 0 Å². The van der Waals surface area contributed by atoms with E-state index in [-0.39, 0.29) is 11.9 Å². The van der Waals surface area contributed by atoms with Crippen LogP contribution < -0.4 is 5.32 Å². The van der Waals surface area contributed by atoms with Crippen molar-refractivity contribution in [2.24, 2.45) is 0 Å². The summed E-state index contributed by atoms with van der Waals surface area (Å²) in [6.07, 6.45) is 1.70. The predicted octanol–water partition coefficient (Wildman–Crippen LogP) is 4.23. The first kappa shape index (κ1) is 15.7. The molecule has 1 heterocycles. The molecule has 1 aromatic carbocycles. The van der Waals surface area contributed by atoms with Crippen LogP contribution in [0.4, 0.5) is 5.88 Å². The Morgan fingerprint density at radius 3 is 2.81 bits per heavy atom. The molecule has 0 saturated carbocycles. The summed E-state index contributed by atoms with van der Waals surface area (Å²) in [5.74, 6) is 0.373. The molecule has 1 atom stereocenters. The standard InChI is InChI=1S/C15H17BrN2O3/c1-2-8-17-13(10-11-4-3-5-12(16)9-11)14-6-7-15(21-14)18(19)20/h3-7,9,13,17H,2,8,10H2,1H3. The average Bonchev–Trinajstić information content (AvgIpc) is 2.93. The van der Waals surface area contributed by atoms with E-state index in [1.807, 2.05) is 24.3 Å². The normalized spacial score (nSPS) is 12.3. The lowest BCUT2D eigenvalue weighted by atomic mass is 10.0. The van der Waals surface area contributed by atoms with Gasteiger partial charge in [-0.2, -0.15) is 0 Å². The van der Waals surface area contributed by atoms with Gasteiger partial charge in [-0.3, -0.25) is 10.1 Å². The number of nitrogens with zero attached hydrogens (tertiary/aromatic N) is 1. The van der Waals surface area contributed by atoms with Gasteiger partial charge >= 0.3 is 5.88 Å². The summed E-state index contributed by atoms with van der Waals surface area (Å²) < 4.78 is 6.35. The molecule has 1 N–H and O–H groups in total. The summed E-state index contributed by atoms with van der Waals surface area (Å²) in [5.41, 5.74) is 1.14. The highest BCUT2D eigenvalue weighted by molar-refractivity contribution is 9.10. The summed E-state index contributed by atoms with van der Waals surface area (Å²) in [6.45, 7) is 2.90. The minimum Gasteiger partial charge on any atom is -0.404 e. The lowest BCUT2D eigenvalue weighted by molar-refractivity contribution is -0.402. The van der Waals surface area contributed by atoms with E-state index < -0.39 is 4.92 Å². The van der Waals surface area contributed by atoms with Gasteiger partial charge in [0, 0.05) is 4.47 Å². The van der Waals surface area contributed by atoms with Crippen molar-refractivity contribution in [3.05, 3.63) is 62.3 Å². The molecule has 1 aromatic heterocycles. The van der Waals surface area contributed by atoms with Crippen molar-refractivity contribution in [2.45, 2.75) is 25.8 Å². The Morgan fingerprint density at radius 1 is 1.38 bits per heavy atom. The zero-order valence-electron chi connectivity index (χ0n) is 11.7. The summed E-state index contributed by atoms with van der Waals surface area (Å²) in [7, 11) is 0. The van der Waals surface area contributed by atoms with Crippen LogP contribution in [0, 0.1) is 10.1 Å². The molecule has 2 rings (SSSR count). The van der Waals surface area contributed by atoms with Gasteiger partial charge in [-0.1, -0.05) is 35.0 Å². The molecule has 6 heteroatoms. The van der Waals surface area contributed by atoms with Gasteiger partial charge in [0.2, 0.25) is 0 Å². The fourth-order valence-electron chi connectivity index (χ4n) is 2.12. The van der Waals surface area contributed by atoms with Crippen LogP contribution >= 0.6 is 15.9 Å². The maximum Gasteiger partial charge on any atom is 0.433 e. The van der Waals surface area contributed by atoms with E-state index in [0.29, 0.717) is 12.2 Å². The fraction of sp³-hybridized carbons (Fsp3) is 0.333. The molecule has 2 aromatic rings. The minimum atomic E-state index is -0.514. The number of nitrogens with one attached hydrogen (secondary N) is 1. The van der Waals surface area contributed by atoms with E-state index in [0.717, 1.165) is 23.0 Å². The second-order valence-corrected chi connectivity index (χ2v) is 5.69. The average molecular weight is 353 g/mol. The Labute approximate surface area is 131 Å². The largest absolute Gasteiger partial charge is 0.433 e. The van der Waals surface area contributed by atoms with Crippen LogP contribution in [0.15, 0.2) is 45.3 Å². The lowest BCUT2D eigenvalue weighted by Gasteiger charge is -2.16. The van der Waals surface area contributed by atoms with Crippen molar-refractivity contribution in [1.82, 2.24) is 5.32 Å². The second kappa shape index (κ2) is 7.38. The highest BCUT2D eigenvalue weighted by Crippen LogP contribution is 2.25. The van der Waals surface area contributed by atoms with Crippen LogP contribution in [0.2, 0.25) is 0 Å². The van der Waals surface area contributed by atoms with Crippen molar-refractivity contribution in [3.63, 3.8) is 0 Å². The number of nitro groups is 1. The third-order valence-electron chi connectivity index (χ3n) is 3.11. The van der Waals surface area contributed by atoms with Crippen LogP contribution in [-0.4, -0.2) is 11.5 Å². The number of hydrogen-bond acceptors (Lipinski definition) is 4. The summed E-state index contributed by atoms with van der Waals surface area (Å²) in [4.78, 5) is 10.2. The third-order valence-corrected chi connectivity index (χ3v) is 3.60. The Morgan fingerprint density at radius 2 is 2.19 bits per heavy atom. The second-order valence-electron chi connectivity index (χ2n) is 4.77. The van der Waals surface area contributed by atoms with Crippen molar-refractivity contribution < 1.29 is 9.34 Å². The molecule has 0 fully saturated rings. The molecule has 0 spiro atoms. The zero-order chi connectivity index (χ0) is 15.2. The van der Waals surface area contributed by atoms with E-state index in [1.54, 1.807) is 6.07 Å². The molecule has 0 radical (unpaired) electrons. The van der Waals surface area contributed by atoms with E-state index >= 15 is 0 Å². The molecular weight excluding hydrogens is 336 g/mol. The highest BCUT2D eigenvalue weighted by Gasteiger charge is 2.19. The Kier molecular flexibility index (Phi) is 5.52. The molecule has 5 nitrogen and oxygen atoms in total. The number of rotatable bonds is 7. The quantitative estimate of drug-likeness (QED) is 0.597. The Balaban J connectivity index is 2.18. The fourth-order valence-corrected chi connectivity index (χ4v) is 2.57. The number of benzene rings is 1. The molecule has 112 valence electrons. The molecule has 21 heavy (non-hydrogen) atoms. The van der Waals surface area contributed by atoms with E-state index in [1.165, 1.54) is 6.07 Å². The number of halogens is 1. The van der Waals surface area contributed by atoms with E-state index in [2.05, 4.69) is 28.2 Å². The number of hydrogen-bond donors (Lipinski definition) is 1. The van der Waals surface area contributed by atoms with Gasteiger partial charge in [0.15, 0.2) is 0 Å². The molecule has 0 bridgehead atoms. The first-order valence-corrected chi connectivity index (χ1v) is 7.61. The van der Waals surface area contributed by atoms with Gasteiger partial charge in [0.25, 0.3) is 0 Å². The highest BCUT2D eigenvalue weighted by atomic mass is 79.9. The molecule has 0 aliphatic carbocycles. The van der Waals surface area contributed by atoms with Gasteiger partial charge in [0.05, 0.1) is 12.1 Å². The van der Waals surface area contributed by atoms with Gasteiger partial charge < -0.3 is 9.73 Å². The van der Waals surface area contributed by atoms with Crippen LogP contribution in [0.25, 0.3) is 0 Å². The maximum absolute atomic E-state index is 10.7. The SMILES string of the molecule is CCCNC(Cc1cccc(Br)c1)c1ccc([N+](=O)[O-])o1. The van der Waals surface area contributed by atoms with Crippen molar-refractivity contribution in [2.75, 3.05) is 6.54 Å². The molecule has 1 unspecified atom stereocenters. The van der Waals surface area contributed by atoms with Gasteiger partial charge in [0.1, 0.15) is 10.7 Å². The van der Waals surface area contributed by atoms with Gasteiger partial charge in [-0.05, 0) is 43.1 Å². The van der Waals surface area contributed by atoms with E-state index in [4.69, 9.17) is 4.42 Å². The maximum atomic E-state index is 10.7. The van der Waals surface area contributed by atoms with Crippen LogP contribution in [0.3, 0.4) is 0 Å². The molecule has 0 amide bonds. The predicted molar refractivity (Wildman–Crippen MR) is 84.2 cm³/mol. The topological polar surface area (TPSA) is 68.3 Å². The zero-order valence-corrected chi connectivity index (χ0v) is 13.3. The van der Waals surface area contributed by atoms with E-state index in [9.17, 15) is 10.1 Å². The van der Waals surface area contributed by atoms with Crippen LogP contribution in [0.5, 0.6) is 0 Å². The van der Waals surface area contributed by atoms with Crippen molar-refractivity contribution in [3.8, 4) is 0 Å². The van der Waals surface area contributed by atoms with Crippen molar-refractivity contribution >= 4 is 21.8 Å². The third kappa shape index (κ3) is 4.41. The molecule has 0 aliphatic heterocycles. The Bertz CT molecular complexity index is 612. The van der Waals surface area contributed by atoms with Crippen LogP contribution in [-0.2, 0) is 6.42 Å². The van der Waals surface area contributed by atoms with Gasteiger partial charge in [-0.15, -0.1) is 0 Å². The van der Waals surface area contributed by atoms with Crippen molar-refractivity contribution in [1.29, 1.82) is 0 Å². The molecular formula is C15H17BrN2O3. The summed E-state index contributed by atoms with van der Waals surface area (Å²) in [6, 6.07) is 11.0. The first-order chi connectivity index (χ1) is 10.1. The molecule has 0 saturated heterocycles.